The van der Waals surface area contributed by atoms with Gasteiger partial charge in [0.25, 0.3) is 0 Å². The van der Waals surface area contributed by atoms with E-state index in [0.717, 1.165) is 22.4 Å². The molecule has 1 heterocycles. The van der Waals surface area contributed by atoms with Gasteiger partial charge in [0, 0.05) is 11.3 Å². The quantitative estimate of drug-likeness (QED) is 0.720. The van der Waals surface area contributed by atoms with Crippen molar-refractivity contribution in [3.05, 3.63) is 76.3 Å². The van der Waals surface area contributed by atoms with Crippen molar-refractivity contribution < 1.29 is 9.90 Å². The van der Waals surface area contributed by atoms with Crippen LogP contribution in [-0.2, 0) is 11.2 Å². The second-order valence-corrected chi connectivity index (χ2v) is 7.93. The maximum atomic E-state index is 13.3. The van der Waals surface area contributed by atoms with Crippen molar-refractivity contribution in [2.45, 2.75) is 26.2 Å². The molecule has 0 spiro atoms. The molecule has 132 valence electrons. The Morgan fingerprint density at radius 2 is 2.04 bits per heavy atom. The molecule has 0 saturated carbocycles. The van der Waals surface area contributed by atoms with Crippen molar-refractivity contribution in [3.8, 4) is 5.75 Å². The van der Waals surface area contributed by atoms with Crippen LogP contribution in [0.2, 0.25) is 0 Å². The van der Waals surface area contributed by atoms with Crippen LogP contribution in [-0.4, -0.2) is 16.0 Å². The molecule has 2 N–H and O–H groups in total. The molecule has 0 saturated heterocycles. The van der Waals surface area contributed by atoms with Gasteiger partial charge in [-0.1, -0.05) is 36.4 Å². The normalized spacial score (nSPS) is 21.4. The van der Waals surface area contributed by atoms with Crippen LogP contribution in [0.25, 0.3) is 0 Å². The number of amides is 1. The van der Waals surface area contributed by atoms with Crippen LogP contribution in [0.4, 0.5) is 5.13 Å². The van der Waals surface area contributed by atoms with Gasteiger partial charge in [-0.25, -0.2) is 4.98 Å². The Hall–Kier alpha value is -2.66. The van der Waals surface area contributed by atoms with E-state index in [9.17, 15) is 9.90 Å². The largest absolute Gasteiger partial charge is 0.508 e. The highest BCUT2D eigenvalue weighted by Gasteiger charge is 2.49. The van der Waals surface area contributed by atoms with E-state index < -0.39 is 5.41 Å². The van der Waals surface area contributed by atoms with Crippen molar-refractivity contribution in [1.82, 2.24) is 4.98 Å². The van der Waals surface area contributed by atoms with Crippen LogP contribution in [0.5, 0.6) is 5.75 Å². The molecule has 2 aromatic carbocycles. The van der Waals surface area contributed by atoms with E-state index in [4.69, 9.17) is 0 Å². The van der Waals surface area contributed by atoms with Crippen LogP contribution in [0.3, 0.4) is 0 Å². The molecular formula is C21H20N2O2S. The van der Waals surface area contributed by atoms with Gasteiger partial charge in [0.2, 0.25) is 5.91 Å². The number of rotatable bonds is 3. The van der Waals surface area contributed by atoms with E-state index in [1.807, 2.05) is 55.6 Å². The van der Waals surface area contributed by atoms with Crippen molar-refractivity contribution >= 4 is 22.4 Å². The second kappa shape index (κ2) is 6.25. The standard InChI is InChI=1S/C21H20N2O2S/c1-13-12-26-20(22-13)23-19(25)21(2)11-15-8-9-16(24)10-17(15)18(21)14-6-4-3-5-7-14/h3-10,12,18,24H,11H2,1-2H3,(H,22,23,25)/t18-,21+/m0/s1. The number of aromatic hydroxyl groups is 1. The lowest BCUT2D eigenvalue weighted by Gasteiger charge is -2.30. The van der Waals surface area contributed by atoms with Crippen LogP contribution in [0.1, 0.15) is 35.2 Å². The molecular weight excluding hydrogens is 344 g/mol. The van der Waals surface area contributed by atoms with Gasteiger partial charge in [-0.2, -0.15) is 0 Å². The lowest BCUT2D eigenvalue weighted by molar-refractivity contribution is -0.125. The number of hydrogen-bond donors (Lipinski definition) is 2. The summed E-state index contributed by atoms with van der Waals surface area (Å²) in [6.45, 7) is 3.91. The third-order valence-electron chi connectivity index (χ3n) is 5.13. The summed E-state index contributed by atoms with van der Waals surface area (Å²) in [6.07, 6.45) is 0.623. The third-order valence-corrected chi connectivity index (χ3v) is 6.00. The highest BCUT2D eigenvalue weighted by molar-refractivity contribution is 7.13. The number of anilines is 1. The Bertz CT molecular complexity index is 967. The maximum Gasteiger partial charge on any atom is 0.233 e. The summed E-state index contributed by atoms with van der Waals surface area (Å²) in [4.78, 5) is 17.6. The first kappa shape index (κ1) is 16.8. The molecule has 2 atom stereocenters. The van der Waals surface area contributed by atoms with E-state index in [-0.39, 0.29) is 17.6 Å². The van der Waals surface area contributed by atoms with Gasteiger partial charge in [0.05, 0.1) is 11.1 Å². The molecule has 5 heteroatoms. The van der Waals surface area contributed by atoms with Crippen LogP contribution >= 0.6 is 11.3 Å². The summed E-state index contributed by atoms with van der Waals surface area (Å²) in [5, 5.41) is 15.5. The number of aromatic nitrogens is 1. The first-order valence-electron chi connectivity index (χ1n) is 8.58. The van der Waals surface area contributed by atoms with Crippen molar-refractivity contribution in [3.63, 3.8) is 0 Å². The average Bonchev–Trinajstić information content (AvgIpc) is 3.16. The average molecular weight is 364 g/mol. The zero-order chi connectivity index (χ0) is 18.3. The summed E-state index contributed by atoms with van der Waals surface area (Å²) in [6, 6.07) is 15.4. The summed E-state index contributed by atoms with van der Waals surface area (Å²) < 4.78 is 0. The summed E-state index contributed by atoms with van der Waals surface area (Å²) in [5.74, 6) is 0.0631. The fraction of sp³-hybridized carbons (Fsp3) is 0.238. The summed E-state index contributed by atoms with van der Waals surface area (Å²) >= 11 is 1.44. The smallest absolute Gasteiger partial charge is 0.233 e. The number of nitrogens with one attached hydrogen (secondary N) is 1. The van der Waals surface area contributed by atoms with Crippen molar-refractivity contribution in [1.29, 1.82) is 0 Å². The highest BCUT2D eigenvalue weighted by Crippen LogP contribution is 2.52. The van der Waals surface area contributed by atoms with E-state index in [1.165, 1.54) is 11.3 Å². The first-order chi connectivity index (χ1) is 12.5. The molecule has 26 heavy (non-hydrogen) atoms. The number of nitrogens with zero attached hydrogens (tertiary/aromatic N) is 1. The van der Waals surface area contributed by atoms with E-state index in [1.54, 1.807) is 12.1 Å². The topological polar surface area (TPSA) is 62.2 Å². The fourth-order valence-electron chi connectivity index (χ4n) is 3.91. The molecule has 1 aliphatic rings. The number of phenols is 1. The number of aryl methyl sites for hydroxylation is 1. The Morgan fingerprint density at radius 3 is 2.73 bits per heavy atom. The lowest BCUT2D eigenvalue weighted by Crippen LogP contribution is -2.37. The minimum atomic E-state index is -0.656. The number of hydrogen-bond acceptors (Lipinski definition) is 4. The molecule has 0 bridgehead atoms. The van der Waals surface area contributed by atoms with Gasteiger partial charge < -0.3 is 10.4 Å². The van der Waals surface area contributed by atoms with E-state index in [2.05, 4.69) is 10.3 Å². The first-order valence-corrected chi connectivity index (χ1v) is 9.45. The van der Waals surface area contributed by atoms with Crippen LogP contribution < -0.4 is 5.32 Å². The molecule has 0 fully saturated rings. The molecule has 4 nitrogen and oxygen atoms in total. The number of thiazole rings is 1. The van der Waals surface area contributed by atoms with Gasteiger partial charge in [-0.05, 0) is 49.1 Å². The third kappa shape index (κ3) is 2.78. The van der Waals surface area contributed by atoms with Crippen molar-refractivity contribution in [2.75, 3.05) is 5.32 Å². The number of benzene rings is 2. The Balaban J connectivity index is 1.77. The molecule has 1 amide bonds. The fourth-order valence-corrected chi connectivity index (χ4v) is 4.59. The molecule has 0 aliphatic heterocycles. The van der Waals surface area contributed by atoms with Crippen LogP contribution in [0.15, 0.2) is 53.9 Å². The minimum absolute atomic E-state index is 0.0450. The van der Waals surface area contributed by atoms with Gasteiger partial charge in [0.1, 0.15) is 5.75 Å². The number of phenolic OH excluding ortho intramolecular Hbond substituents is 1. The predicted octanol–water partition coefficient (Wildman–Crippen LogP) is 4.49. The highest BCUT2D eigenvalue weighted by atomic mass is 32.1. The zero-order valence-electron chi connectivity index (χ0n) is 14.7. The van der Waals surface area contributed by atoms with Crippen LogP contribution in [0, 0.1) is 12.3 Å². The number of carbonyl (C=O) groups excluding carboxylic acids is 1. The molecule has 1 aliphatic carbocycles. The van der Waals surface area contributed by atoms with E-state index >= 15 is 0 Å². The summed E-state index contributed by atoms with van der Waals surface area (Å²) in [7, 11) is 0. The molecule has 3 aromatic rings. The molecule has 1 aromatic heterocycles. The zero-order valence-corrected chi connectivity index (χ0v) is 15.5. The molecule has 0 unspecified atom stereocenters. The van der Waals surface area contributed by atoms with Gasteiger partial charge >= 0.3 is 0 Å². The Kier molecular flexibility index (Phi) is 4.04. The molecule has 0 radical (unpaired) electrons. The maximum absolute atomic E-state index is 13.3. The minimum Gasteiger partial charge on any atom is -0.508 e. The van der Waals surface area contributed by atoms with Gasteiger partial charge in [-0.3, -0.25) is 4.79 Å². The van der Waals surface area contributed by atoms with E-state index in [0.29, 0.717) is 11.6 Å². The van der Waals surface area contributed by atoms with Crippen molar-refractivity contribution in [2.24, 2.45) is 5.41 Å². The number of carbonyl (C=O) groups is 1. The lowest BCUT2D eigenvalue weighted by atomic mass is 9.73. The number of fused-ring (bicyclic) bond motifs is 1. The van der Waals surface area contributed by atoms with Gasteiger partial charge in [-0.15, -0.1) is 11.3 Å². The molecule has 4 rings (SSSR count). The predicted molar refractivity (Wildman–Crippen MR) is 104 cm³/mol. The summed E-state index contributed by atoms with van der Waals surface area (Å²) in [5.41, 5.74) is 3.44. The Labute approximate surface area is 156 Å². The monoisotopic (exact) mass is 364 g/mol. The van der Waals surface area contributed by atoms with Gasteiger partial charge in [0.15, 0.2) is 5.13 Å². The SMILES string of the molecule is Cc1csc(NC(=O)[C@]2(C)Cc3ccc(O)cc3[C@@H]2c2ccccc2)n1. The Morgan fingerprint density at radius 1 is 1.27 bits per heavy atom. The second-order valence-electron chi connectivity index (χ2n) is 7.07.